The van der Waals surface area contributed by atoms with Crippen LogP contribution in [-0.2, 0) is 0 Å². The molecule has 0 aliphatic heterocycles. The zero-order valence-corrected chi connectivity index (χ0v) is 9.55. The molecule has 0 amide bonds. The molecule has 0 spiro atoms. The Morgan fingerprint density at radius 1 is 0.929 bits per heavy atom. The van der Waals surface area contributed by atoms with Crippen molar-refractivity contribution in [3.8, 4) is 0 Å². The van der Waals surface area contributed by atoms with E-state index < -0.39 is 0 Å². The van der Waals surface area contributed by atoms with Crippen molar-refractivity contribution in [2.45, 2.75) is 52.4 Å². The highest BCUT2D eigenvalue weighted by atomic mass is 14.0. The third kappa shape index (κ3) is 4.45. The van der Waals surface area contributed by atoms with E-state index in [2.05, 4.69) is 38.2 Å². The van der Waals surface area contributed by atoms with Crippen LogP contribution in [0, 0.1) is 0 Å². The standard InChI is InChI=1S/C14H22/c1-13-11-9-7-5-3-4-6-8-10-12-14(13)2/h5,7,9,11H,3-4,6,8,10,12H2,1-2H3/b7-5+,11-9?,14-13?. The maximum absolute atomic E-state index is 2.28. The van der Waals surface area contributed by atoms with E-state index >= 15 is 0 Å². The van der Waals surface area contributed by atoms with E-state index in [4.69, 9.17) is 0 Å². The van der Waals surface area contributed by atoms with Crippen LogP contribution in [0.3, 0.4) is 0 Å². The molecule has 0 saturated heterocycles. The van der Waals surface area contributed by atoms with E-state index in [1.807, 2.05) is 0 Å². The van der Waals surface area contributed by atoms with Gasteiger partial charge in [-0.05, 0) is 39.5 Å². The fourth-order valence-electron chi connectivity index (χ4n) is 1.72. The molecule has 0 aromatic heterocycles. The summed E-state index contributed by atoms with van der Waals surface area (Å²) in [4.78, 5) is 0. The lowest BCUT2D eigenvalue weighted by molar-refractivity contribution is 0.643. The summed E-state index contributed by atoms with van der Waals surface area (Å²) < 4.78 is 0. The predicted molar refractivity (Wildman–Crippen MR) is 64.4 cm³/mol. The topological polar surface area (TPSA) is 0 Å². The van der Waals surface area contributed by atoms with E-state index in [9.17, 15) is 0 Å². The van der Waals surface area contributed by atoms with E-state index in [1.54, 1.807) is 5.57 Å². The SMILES string of the molecule is CC1=C(C)CCCCCC/C=C/C=C1. The van der Waals surface area contributed by atoms with Gasteiger partial charge in [-0.25, -0.2) is 0 Å². The Balaban J connectivity index is 2.61. The lowest BCUT2D eigenvalue weighted by Crippen LogP contribution is -1.85. The monoisotopic (exact) mass is 190 g/mol. The van der Waals surface area contributed by atoms with E-state index in [0.29, 0.717) is 0 Å². The third-order valence-electron chi connectivity index (χ3n) is 2.94. The predicted octanol–water partition coefficient (Wildman–Crippen LogP) is 4.79. The molecule has 1 aliphatic rings. The van der Waals surface area contributed by atoms with Crippen molar-refractivity contribution in [2.75, 3.05) is 0 Å². The Kier molecular flexibility index (Phi) is 5.36. The second-order valence-corrected chi connectivity index (χ2v) is 4.20. The van der Waals surface area contributed by atoms with E-state index in [-0.39, 0.29) is 0 Å². The molecule has 0 nitrogen and oxygen atoms in total. The summed E-state index contributed by atoms with van der Waals surface area (Å²) in [6.07, 6.45) is 16.9. The van der Waals surface area contributed by atoms with Gasteiger partial charge in [0.2, 0.25) is 0 Å². The Hall–Kier alpha value is -0.780. The quantitative estimate of drug-likeness (QED) is 0.515. The van der Waals surface area contributed by atoms with Gasteiger partial charge in [-0.3, -0.25) is 0 Å². The molecule has 0 heteroatoms. The van der Waals surface area contributed by atoms with Crippen molar-refractivity contribution in [2.24, 2.45) is 0 Å². The van der Waals surface area contributed by atoms with Crippen LogP contribution in [0.2, 0.25) is 0 Å². The Morgan fingerprint density at radius 2 is 1.71 bits per heavy atom. The van der Waals surface area contributed by atoms with Crippen molar-refractivity contribution in [1.82, 2.24) is 0 Å². The largest absolute Gasteiger partial charge is 0.0845 e. The molecule has 0 aromatic carbocycles. The molecule has 1 aliphatic carbocycles. The normalized spacial score (nSPS) is 22.7. The summed E-state index contributed by atoms with van der Waals surface area (Å²) >= 11 is 0. The van der Waals surface area contributed by atoms with Gasteiger partial charge < -0.3 is 0 Å². The van der Waals surface area contributed by atoms with Crippen LogP contribution in [0.5, 0.6) is 0 Å². The van der Waals surface area contributed by atoms with Gasteiger partial charge in [0.25, 0.3) is 0 Å². The first kappa shape index (κ1) is 11.3. The first-order valence-electron chi connectivity index (χ1n) is 5.80. The van der Waals surface area contributed by atoms with E-state index in [1.165, 1.54) is 44.1 Å². The van der Waals surface area contributed by atoms with Crippen molar-refractivity contribution in [1.29, 1.82) is 0 Å². The van der Waals surface area contributed by atoms with Crippen molar-refractivity contribution >= 4 is 0 Å². The Labute approximate surface area is 88.4 Å². The number of hydrogen-bond acceptors (Lipinski definition) is 0. The summed E-state index contributed by atoms with van der Waals surface area (Å²) in [5, 5.41) is 0. The van der Waals surface area contributed by atoms with Crippen LogP contribution in [0.4, 0.5) is 0 Å². The van der Waals surface area contributed by atoms with Gasteiger partial charge in [0.15, 0.2) is 0 Å². The summed E-state index contributed by atoms with van der Waals surface area (Å²) in [5.74, 6) is 0. The lowest BCUT2D eigenvalue weighted by Gasteiger charge is -2.05. The molecular formula is C14H22. The fraction of sp³-hybridized carbons (Fsp3) is 0.571. The molecule has 0 N–H and O–H groups in total. The number of allylic oxidation sites excluding steroid dienone is 6. The lowest BCUT2D eigenvalue weighted by atomic mass is 10.0. The van der Waals surface area contributed by atoms with Gasteiger partial charge in [0.1, 0.15) is 0 Å². The molecule has 0 radical (unpaired) electrons. The second kappa shape index (κ2) is 6.64. The molecule has 0 atom stereocenters. The molecule has 0 heterocycles. The van der Waals surface area contributed by atoms with Crippen LogP contribution in [-0.4, -0.2) is 0 Å². The molecule has 0 fully saturated rings. The highest BCUT2D eigenvalue weighted by molar-refractivity contribution is 5.25. The van der Waals surface area contributed by atoms with Gasteiger partial charge >= 0.3 is 0 Å². The molecule has 0 bridgehead atoms. The van der Waals surface area contributed by atoms with Crippen LogP contribution in [0.15, 0.2) is 35.5 Å². The molecule has 0 unspecified atom stereocenters. The summed E-state index contributed by atoms with van der Waals surface area (Å²) in [6.45, 7) is 4.47. The van der Waals surface area contributed by atoms with Crippen molar-refractivity contribution in [3.63, 3.8) is 0 Å². The van der Waals surface area contributed by atoms with Crippen molar-refractivity contribution < 1.29 is 0 Å². The fourth-order valence-corrected chi connectivity index (χ4v) is 1.72. The zero-order chi connectivity index (χ0) is 10.2. The molecule has 78 valence electrons. The van der Waals surface area contributed by atoms with Gasteiger partial charge in [0, 0.05) is 0 Å². The first-order valence-corrected chi connectivity index (χ1v) is 5.80. The Morgan fingerprint density at radius 3 is 2.57 bits per heavy atom. The van der Waals surface area contributed by atoms with Crippen molar-refractivity contribution in [3.05, 3.63) is 35.5 Å². The maximum atomic E-state index is 2.28. The van der Waals surface area contributed by atoms with Crippen LogP contribution in [0.25, 0.3) is 0 Å². The van der Waals surface area contributed by atoms with Gasteiger partial charge in [0.05, 0.1) is 0 Å². The zero-order valence-electron chi connectivity index (χ0n) is 9.55. The Bertz CT molecular complexity index is 241. The minimum Gasteiger partial charge on any atom is -0.0845 e. The molecule has 0 saturated carbocycles. The maximum Gasteiger partial charge on any atom is -0.0317 e. The van der Waals surface area contributed by atoms with Crippen LogP contribution < -0.4 is 0 Å². The number of rotatable bonds is 0. The minimum atomic E-state index is 1.24. The molecular weight excluding hydrogens is 168 g/mol. The highest BCUT2D eigenvalue weighted by Gasteiger charge is 1.95. The first-order chi connectivity index (χ1) is 6.80. The third-order valence-corrected chi connectivity index (χ3v) is 2.94. The average molecular weight is 190 g/mol. The van der Waals surface area contributed by atoms with Crippen LogP contribution >= 0.6 is 0 Å². The number of hydrogen-bond donors (Lipinski definition) is 0. The molecule has 0 aromatic rings. The van der Waals surface area contributed by atoms with Gasteiger partial charge in [-0.15, -0.1) is 0 Å². The van der Waals surface area contributed by atoms with E-state index in [0.717, 1.165) is 0 Å². The van der Waals surface area contributed by atoms with Gasteiger partial charge in [-0.1, -0.05) is 48.3 Å². The summed E-state index contributed by atoms with van der Waals surface area (Å²) in [6, 6.07) is 0. The smallest absolute Gasteiger partial charge is 0.0317 e. The highest BCUT2D eigenvalue weighted by Crippen LogP contribution is 2.15. The van der Waals surface area contributed by atoms with Gasteiger partial charge in [-0.2, -0.15) is 0 Å². The second-order valence-electron chi connectivity index (χ2n) is 4.20. The summed E-state index contributed by atoms with van der Waals surface area (Å²) in [7, 11) is 0. The molecule has 14 heavy (non-hydrogen) atoms. The summed E-state index contributed by atoms with van der Waals surface area (Å²) in [5.41, 5.74) is 2.99. The van der Waals surface area contributed by atoms with Crippen LogP contribution in [0.1, 0.15) is 52.4 Å². The minimum absolute atomic E-state index is 1.24. The average Bonchev–Trinajstić information content (AvgIpc) is 2.18. The molecule has 1 rings (SSSR count).